The number of ether oxygens (including phenoxy) is 1. The molecule has 1 aliphatic rings. The fourth-order valence-electron chi connectivity index (χ4n) is 2.10. The molecule has 0 aliphatic carbocycles. The number of hydrogen-bond donors (Lipinski definition) is 0. The molecule has 0 bridgehead atoms. The summed E-state index contributed by atoms with van der Waals surface area (Å²) in [6, 6.07) is 1.74. The van der Waals surface area contributed by atoms with E-state index in [0.717, 1.165) is 13.1 Å². The molecule has 0 unspecified atom stereocenters. The number of aromatic nitrogens is 1. The van der Waals surface area contributed by atoms with Crippen molar-refractivity contribution in [2.75, 3.05) is 27.2 Å². The van der Waals surface area contributed by atoms with Crippen molar-refractivity contribution < 1.29 is 9.53 Å². The van der Waals surface area contributed by atoms with Crippen molar-refractivity contribution in [1.82, 2.24) is 14.8 Å². The molecule has 21 heavy (non-hydrogen) atoms. The largest absolute Gasteiger partial charge is 0.414 e. The number of carbonyl (C=O) groups excluding carboxylic acids is 1. The fourth-order valence-corrected chi connectivity index (χ4v) is 2.10. The second kappa shape index (κ2) is 7.61. The first-order valence-electron chi connectivity index (χ1n) is 7.28. The first-order chi connectivity index (χ1) is 10.2. The summed E-state index contributed by atoms with van der Waals surface area (Å²) in [5.74, 6) is 0.377. The van der Waals surface area contributed by atoms with E-state index in [1.807, 2.05) is 6.34 Å². The van der Waals surface area contributed by atoms with Gasteiger partial charge >= 0.3 is 6.09 Å². The van der Waals surface area contributed by atoms with Crippen LogP contribution in [0, 0.1) is 0 Å². The maximum Gasteiger partial charge on any atom is 0.414 e. The lowest BCUT2D eigenvalue weighted by Gasteiger charge is -2.16. The highest BCUT2D eigenvalue weighted by atomic mass is 16.6. The molecule has 1 aliphatic heterocycles. The van der Waals surface area contributed by atoms with Gasteiger partial charge in [0, 0.05) is 33.4 Å². The van der Waals surface area contributed by atoms with Crippen LogP contribution < -0.4 is 4.74 Å². The third-order valence-corrected chi connectivity index (χ3v) is 3.33. The van der Waals surface area contributed by atoms with Crippen molar-refractivity contribution in [3.63, 3.8) is 0 Å². The average Bonchev–Trinajstić information content (AvgIpc) is 2.75. The van der Waals surface area contributed by atoms with Crippen LogP contribution in [0.15, 0.2) is 23.5 Å². The Hall–Kier alpha value is -2.11. The molecule has 2 rings (SSSR count). The van der Waals surface area contributed by atoms with Crippen LogP contribution in [0.5, 0.6) is 5.75 Å². The van der Waals surface area contributed by atoms with Crippen LogP contribution in [-0.2, 0) is 0 Å². The lowest BCUT2D eigenvalue weighted by atomic mass is 10.2. The molecule has 0 aromatic carbocycles. The lowest BCUT2D eigenvalue weighted by Crippen LogP contribution is -2.25. The molecule has 6 nitrogen and oxygen atoms in total. The smallest absolute Gasteiger partial charge is 0.406 e. The van der Waals surface area contributed by atoms with Gasteiger partial charge in [-0.3, -0.25) is 4.98 Å². The van der Waals surface area contributed by atoms with Gasteiger partial charge in [-0.25, -0.2) is 9.79 Å². The van der Waals surface area contributed by atoms with Gasteiger partial charge in [-0.1, -0.05) is 12.8 Å². The first kappa shape index (κ1) is 15.3. The number of amides is 1. The normalized spacial score (nSPS) is 15.8. The Bertz CT molecular complexity index is 494. The maximum absolute atomic E-state index is 11.6. The second-order valence-corrected chi connectivity index (χ2v) is 5.30. The van der Waals surface area contributed by atoms with Gasteiger partial charge < -0.3 is 14.5 Å². The first-order valence-corrected chi connectivity index (χ1v) is 7.28. The number of carbonyl (C=O) groups is 1. The Balaban J connectivity index is 2.06. The minimum Gasteiger partial charge on any atom is -0.406 e. The van der Waals surface area contributed by atoms with E-state index in [-0.39, 0.29) is 0 Å². The predicted molar refractivity (Wildman–Crippen MR) is 82.1 cm³/mol. The molecule has 1 aromatic heterocycles. The van der Waals surface area contributed by atoms with Gasteiger partial charge in [0.15, 0.2) is 5.75 Å². The minimum atomic E-state index is -0.436. The van der Waals surface area contributed by atoms with Crippen molar-refractivity contribution in [1.29, 1.82) is 0 Å². The second-order valence-electron chi connectivity index (χ2n) is 5.30. The zero-order valence-electron chi connectivity index (χ0n) is 12.7. The van der Waals surface area contributed by atoms with E-state index in [1.54, 1.807) is 26.4 Å². The van der Waals surface area contributed by atoms with E-state index in [4.69, 9.17) is 4.74 Å². The molecule has 1 aromatic rings. The van der Waals surface area contributed by atoms with E-state index in [9.17, 15) is 4.79 Å². The van der Waals surface area contributed by atoms with E-state index in [1.165, 1.54) is 36.8 Å². The van der Waals surface area contributed by atoms with Gasteiger partial charge in [0.1, 0.15) is 5.69 Å². The van der Waals surface area contributed by atoms with E-state index in [2.05, 4.69) is 14.9 Å². The summed E-state index contributed by atoms with van der Waals surface area (Å²) in [7, 11) is 3.28. The van der Waals surface area contributed by atoms with Crippen molar-refractivity contribution in [3.05, 3.63) is 18.5 Å². The van der Waals surface area contributed by atoms with Gasteiger partial charge in [-0.15, -0.1) is 0 Å². The summed E-state index contributed by atoms with van der Waals surface area (Å²) in [5.41, 5.74) is 0.615. The summed E-state index contributed by atoms with van der Waals surface area (Å²) < 4.78 is 5.26. The Kier molecular flexibility index (Phi) is 5.54. The molecule has 2 heterocycles. The molecule has 0 radical (unpaired) electrons. The van der Waals surface area contributed by atoms with E-state index in [0.29, 0.717) is 11.4 Å². The number of likely N-dealkylation sites (tertiary alicyclic amines) is 1. The number of hydrogen-bond acceptors (Lipinski definition) is 4. The third kappa shape index (κ3) is 4.73. The molecule has 0 atom stereocenters. The highest BCUT2D eigenvalue weighted by molar-refractivity contribution is 5.73. The maximum atomic E-state index is 11.6. The van der Waals surface area contributed by atoms with Crippen molar-refractivity contribution in [2.24, 2.45) is 4.99 Å². The summed E-state index contributed by atoms with van der Waals surface area (Å²) in [5, 5.41) is 0. The van der Waals surface area contributed by atoms with Crippen molar-refractivity contribution in [3.8, 4) is 5.75 Å². The van der Waals surface area contributed by atoms with Gasteiger partial charge in [-0.2, -0.15) is 0 Å². The minimum absolute atomic E-state index is 0.377. The van der Waals surface area contributed by atoms with Gasteiger partial charge in [-0.05, 0) is 18.9 Å². The van der Waals surface area contributed by atoms with Crippen LogP contribution >= 0.6 is 0 Å². The average molecular weight is 290 g/mol. The quantitative estimate of drug-likeness (QED) is 0.634. The molecule has 1 saturated heterocycles. The summed E-state index contributed by atoms with van der Waals surface area (Å²) in [6.45, 7) is 2.06. The van der Waals surface area contributed by atoms with Gasteiger partial charge in [0.2, 0.25) is 0 Å². The van der Waals surface area contributed by atoms with E-state index < -0.39 is 6.09 Å². The molecule has 1 amide bonds. The molecular weight excluding hydrogens is 268 g/mol. The Morgan fingerprint density at radius 1 is 1.33 bits per heavy atom. The predicted octanol–water partition coefficient (Wildman–Crippen LogP) is 2.68. The molecule has 6 heteroatoms. The monoisotopic (exact) mass is 290 g/mol. The van der Waals surface area contributed by atoms with E-state index >= 15 is 0 Å². The van der Waals surface area contributed by atoms with Crippen LogP contribution in [0.3, 0.4) is 0 Å². The third-order valence-electron chi connectivity index (χ3n) is 3.33. The van der Waals surface area contributed by atoms with Crippen LogP contribution in [0.1, 0.15) is 25.7 Å². The molecule has 114 valence electrons. The van der Waals surface area contributed by atoms with Gasteiger partial charge in [0.05, 0.1) is 12.5 Å². The molecular formula is C15H22N4O2. The topological polar surface area (TPSA) is 58.0 Å². The highest BCUT2D eigenvalue weighted by Gasteiger charge is 2.11. The molecule has 0 saturated carbocycles. The highest BCUT2D eigenvalue weighted by Crippen LogP contribution is 2.26. The molecule has 0 N–H and O–H groups in total. The zero-order valence-corrected chi connectivity index (χ0v) is 12.7. The Morgan fingerprint density at radius 3 is 2.71 bits per heavy atom. The SMILES string of the molecule is CN(C)C(=O)Oc1cnccc1/N=C/N1CCCCCC1. The lowest BCUT2D eigenvalue weighted by molar-refractivity contribution is 0.172. The van der Waals surface area contributed by atoms with Crippen LogP contribution in [0.25, 0.3) is 0 Å². The van der Waals surface area contributed by atoms with Crippen molar-refractivity contribution >= 4 is 18.1 Å². The van der Waals surface area contributed by atoms with Crippen LogP contribution in [0.2, 0.25) is 0 Å². The Morgan fingerprint density at radius 2 is 2.05 bits per heavy atom. The standard InChI is InChI=1S/C15H22N4O2/c1-18(2)15(20)21-14-11-16-8-7-13(14)17-12-19-9-5-3-4-6-10-19/h7-8,11-12H,3-6,9-10H2,1-2H3/b17-12+. The fraction of sp³-hybridized carbons (Fsp3) is 0.533. The number of pyridine rings is 1. The van der Waals surface area contributed by atoms with Crippen LogP contribution in [-0.4, -0.2) is 54.4 Å². The summed E-state index contributed by atoms with van der Waals surface area (Å²) in [6.07, 6.45) is 9.52. The molecule has 1 fully saturated rings. The van der Waals surface area contributed by atoms with Crippen molar-refractivity contribution in [2.45, 2.75) is 25.7 Å². The van der Waals surface area contributed by atoms with Gasteiger partial charge in [0.25, 0.3) is 0 Å². The summed E-state index contributed by atoms with van der Waals surface area (Å²) in [4.78, 5) is 23.6. The molecule has 0 spiro atoms. The summed E-state index contributed by atoms with van der Waals surface area (Å²) >= 11 is 0. The number of aliphatic imine (C=N–C) groups is 1. The zero-order chi connectivity index (χ0) is 15.1. The number of nitrogens with zero attached hydrogens (tertiary/aromatic N) is 4. The van der Waals surface area contributed by atoms with Crippen LogP contribution in [0.4, 0.5) is 10.5 Å². The Labute approximate surface area is 125 Å². The number of rotatable bonds is 3.